The quantitative estimate of drug-likeness (QED) is 0.342. The number of aryl methyl sites for hydroxylation is 1. The van der Waals surface area contributed by atoms with E-state index in [1.54, 1.807) is 4.90 Å². The lowest BCUT2D eigenvalue weighted by Crippen LogP contribution is -2.55. The fourth-order valence-corrected chi connectivity index (χ4v) is 7.07. The van der Waals surface area contributed by atoms with Crippen LogP contribution in [-0.4, -0.2) is 84.1 Å². The minimum Gasteiger partial charge on any atom is -0.462 e. The summed E-state index contributed by atoms with van der Waals surface area (Å²) in [5.74, 6) is 0.752. The maximum Gasteiger partial charge on any atom is 0.318 e. The number of carbonyl (C=O) groups is 1. The second-order valence-corrected chi connectivity index (χ2v) is 12.2. The molecule has 1 unspecified atom stereocenters. The van der Waals surface area contributed by atoms with Crippen molar-refractivity contribution in [2.24, 2.45) is 0 Å². The molecule has 4 heterocycles. The Bertz CT molecular complexity index is 1540. The number of piperidine rings is 1. The van der Waals surface area contributed by atoms with Crippen LogP contribution >= 0.6 is 0 Å². The molecule has 0 saturated carbocycles. The Labute approximate surface area is 260 Å². The Morgan fingerprint density at radius 1 is 1.05 bits per heavy atom. The van der Waals surface area contributed by atoms with Crippen LogP contribution in [0, 0.1) is 18.3 Å². The van der Waals surface area contributed by atoms with E-state index in [-0.39, 0.29) is 18.4 Å². The average Bonchev–Trinajstić information content (AvgIpc) is 3.27. The molecule has 1 atom stereocenters. The largest absolute Gasteiger partial charge is 0.462 e. The minimum atomic E-state index is -0.228. The van der Waals surface area contributed by atoms with Crippen LogP contribution in [-0.2, 0) is 17.8 Å². The fraction of sp³-hybridized carbons (Fsp3) is 0.486. The van der Waals surface area contributed by atoms with Crippen LogP contribution in [0.25, 0.3) is 10.8 Å². The molecule has 9 heteroatoms. The molecule has 230 valence electrons. The van der Waals surface area contributed by atoms with E-state index in [0.717, 1.165) is 56.1 Å². The number of ether oxygens (including phenoxy) is 1. The molecular formula is C35H43N7O2. The molecule has 2 saturated heterocycles. The maximum atomic E-state index is 12.6. The third-order valence-electron chi connectivity index (χ3n) is 9.33. The summed E-state index contributed by atoms with van der Waals surface area (Å²) in [6.45, 7) is 12.8. The number of likely N-dealkylation sites (tertiary alicyclic amines) is 1. The summed E-state index contributed by atoms with van der Waals surface area (Å²) in [5.41, 5.74) is 4.63. The molecule has 2 aromatic carbocycles. The molecule has 1 aromatic heterocycles. The van der Waals surface area contributed by atoms with E-state index < -0.39 is 0 Å². The van der Waals surface area contributed by atoms with Crippen molar-refractivity contribution in [1.29, 1.82) is 5.26 Å². The first-order chi connectivity index (χ1) is 21.6. The Morgan fingerprint density at radius 2 is 1.86 bits per heavy atom. The molecule has 3 aliphatic heterocycles. The Kier molecular flexibility index (Phi) is 9.27. The number of benzene rings is 2. The normalized spacial score (nSPS) is 19.3. The van der Waals surface area contributed by atoms with E-state index in [1.165, 1.54) is 47.4 Å². The lowest BCUT2D eigenvalue weighted by Gasteiger charge is -2.41. The van der Waals surface area contributed by atoms with Gasteiger partial charge in [0, 0.05) is 49.4 Å². The summed E-state index contributed by atoms with van der Waals surface area (Å²) in [6.07, 6.45) is 7.22. The number of amides is 1. The lowest BCUT2D eigenvalue weighted by atomic mass is 10.0. The number of hydrogen-bond donors (Lipinski definition) is 0. The van der Waals surface area contributed by atoms with Crippen molar-refractivity contribution in [3.05, 3.63) is 65.9 Å². The highest BCUT2D eigenvalue weighted by atomic mass is 16.5. The lowest BCUT2D eigenvalue weighted by molar-refractivity contribution is -0.128. The molecule has 3 aliphatic rings. The molecule has 1 amide bonds. The zero-order valence-electron chi connectivity index (χ0n) is 25.9. The number of rotatable bonds is 8. The molecule has 3 aromatic rings. The van der Waals surface area contributed by atoms with Gasteiger partial charge < -0.3 is 19.4 Å². The van der Waals surface area contributed by atoms with E-state index in [9.17, 15) is 10.1 Å². The second kappa shape index (κ2) is 13.6. The number of fused-ring (bicyclic) bond motifs is 2. The molecule has 0 aliphatic carbocycles. The smallest absolute Gasteiger partial charge is 0.318 e. The van der Waals surface area contributed by atoms with E-state index in [4.69, 9.17) is 14.7 Å². The van der Waals surface area contributed by atoms with Gasteiger partial charge in [0.15, 0.2) is 0 Å². The van der Waals surface area contributed by atoms with Gasteiger partial charge in [-0.05, 0) is 68.8 Å². The summed E-state index contributed by atoms with van der Waals surface area (Å²) in [6, 6.07) is 15.5. The number of aromatic nitrogens is 2. The van der Waals surface area contributed by atoms with Crippen molar-refractivity contribution in [3.8, 4) is 12.1 Å². The summed E-state index contributed by atoms with van der Waals surface area (Å²) in [7, 11) is 0. The van der Waals surface area contributed by atoms with Gasteiger partial charge in [-0.25, -0.2) is 0 Å². The van der Waals surface area contributed by atoms with Crippen LogP contribution in [0.15, 0.2) is 49.1 Å². The molecule has 6 rings (SSSR count). The van der Waals surface area contributed by atoms with Crippen molar-refractivity contribution in [2.45, 2.75) is 58.0 Å². The number of nitrogens with zero attached hydrogens (tertiary/aromatic N) is 7. The zero-order valence-corrected chi connectivity index (χ0v) is 25.9. The Hall–Kier alpha value is -4.16. The van der Waals surface area contributed by atoms with Gasteiger partial charge >= 0.3 is 6.01 Å². The van der Waals surface area contributed by atoms with Crippen molar-refractivity contribution >= 4 is 28.2 Å². The predicted molar refractivity (Wildman–Crippen MR) is 174 cm³/mol. The number of anilines is 2. The first-order valence-electron chi connectivity index (χ1n) is 16.1. The number of carbonyl (C=O) groups excluding carboxylic acids is 1. The van der Waals surface area contributed by atoms with Crippen LogP contribution < -0.4 is 14.5 Å². The zero-order chi connectivity index (χ0) is 30.5. The summed E-state index contributed by atoms with van der Waals surface area (Å²) in [5, 5.41) is 12.1. The third-order valence-corrected chi connectivity index (χ3v) is 9.33. The number of nitriles is 1. The molecule has 44 heavy (non-hydrogen) atoms. The van der Waals surface area contributed by atoms with Gasteiger partial charge in [0.05, 0.1) is 30.8 Å². The van der Waals surface area contributed by atoms with Gasteiger partial charge in [-0.2, -0.15) is 15.2 Å². The van der Waals surface area contributed by atoms with Crippen molar-refractivity contribution in [1.82, 2.24) is 19.8 Å². The van der Waals surface area contributed by atoms with E-state index in [0.29, 0.717) is 38.8 Å². The van der Waals surface area contributed by atoms with Gasteiger partial charge in [-0.1, -0.05) is 43.3 Å². The Balaban J connectivity index is 1.33. The SMILES string of the molecule is C=CC(=O)N1CCN(c2nc(OCCN3CCCCC3)nc3c2CCCN(c2cccc4cccc(C)c24)C3)CC1CC#N. The van der Waals surface area contributed by atoms with Crippen LogP contribution in [0.5, 0.6) is 6.01 Å². The number of hydrogen-bond acceptors (Lipinski definition) is 8. The number of piperazine rings is 1. The molecule has 0 spiro atoms. The molecular weight excluding hydrogens is 550 g/mol. The van der Waals surface area contributed by atoms with Gasteiger partial charge in [0.25, 0.3) is 0 Å². The first kappa shape index (κ1) is 29.9. The second-order valence-electron chi connectivity index (χ2n) is 12.2. The van der Waals surface area contributed by atoms with E-state index in [1.807, 2.05) is 0 Å². The van der Waals surface area contributed by atoms with Crippen molar-refractivity contribution < 1.29 is 9.53 Å². The van der Waals surface area contributed by atoms with Gasteiger partial charge in [0.1, 0.15) is 12.4 Å². The maximum absolute atomic E-state index is 12.6. The summed E-state index contributed by atoms with van der Waals surface area (Å²) in [4.78, 5) is 31.6. The molecule has 0 radical (unpaired) electrons. The molecule has 9 nitrogen and oxygen atoms in total. The van der Waals surface area contributed by atoms with Crippen LogP contribution in [0.3, 0.4) is 0 Å². The predicted octanol–water partition coefficient (Wildman–Crippen LogP) is 4.87. The van der Waals surface area contributed by atoms with E-state index in [2.05, 4.69) is 70.7 Å². The van der Waals surface area contributed by atoms with Crippen molar-refractivity contribution in [2.75, 3.05) is 62.2 Å². The Morgan fingerprint density at radius 3 is 2.66 bits per heavy atom. The van der Waals surface area contributed by atoms with Crippen LogP contribution in [0.1, 0.15) is 48.9 Å². The summed E-state index contributed by atoms with van der Waals surface area (Å²) < 4.78 is 6.29. The minimum absolute atomic E-state index is 0.130. The van der Waals surface area contributed by atoms with Crippen LogP contribution in [0.4, 0.5) is 11.5 Å². The monoisotopic (exact) mass is 593 g/mol. The fourth-order valence-electron chi connectivity index (χ4n) is 7.07. The highest BCUT2D eigenvalue weighted by molar-refractivity contribution is 5.97. The van der Waals surface area contributed by atoms with Crippen LogP contribution in [0.2, 0.25) is 0 Å². The standard InChI is InChI=1S/C35H43N7O2/c1-3-32(43)42-21-20-41(24-28(42)15-16-36)34-29-13-9-19-40(31-14-8-12-27-11-7-10-26(2)33(27)31)25-30(29)37-35(38-34)44-23-22-39-17-5-4-6-18-39/h3,7-8,10-12,14,28H,1,4-6,9,13,15,17-25H2,2H3. The van der Waals surface area contributed by atoms with E-state index >= 15 is 0 Å². The highest BCUT2D eigenvalue weighted by Gasteiger charge is 2.33. The van der Waals surface area contributed by atoms with Crippen molar-refractivity contribution in [3.63, 3.8) is 0 Å². The topological polar surface area (TPSA) is 88.8 Å². The van der Waals surface area contributed by atoms with Gasteiger partial charge in [0.2, 0.25) is 5.91 Å². The van der Waals surface area contributed by atoms with Gasteiger partial charge in [-0.3, -0.25) is 9.69 Å². The third kappa shape index (κ3) is 6.36. The molecule has 2 fully saturated rings. The first-order valence-corrected chi connectivity index (χ1v) is 16.1. The summed E-state index contributed by atoms with van der Waals surface area (Å²) >= 11 is 0. The average molecular weight is 594 g/mol. The molecule has 0 N–H and O–H groups in total. The highest BCUT2D eigenvalue weighted by Crippen LogP contribution is 2.35. The molecule has 0 bridgehead atoms. The van der Waals surface area contributed by atoms with Gasteiger partial charge in [-0.15, -0.1) is 0 Å².